The maximum absolute atomic E-state index is 11.6. The van der Waals surface area contributed by atoms with Crippen LogP contribution in [-0.4, -0.2) is 23.8 Å². The Balaban J connectivity index is 2.17. The number of nitrogen functional groups attached to an aromatic ring is 1. The third-order valence-corrected chi connectivity index (χ3v) is 4.90. The van der Waals surface area contributed by atoms with E-state index in [9.17, 15) is 4.79 Å². The minimum atomic E-state index is 0.0762. The van der Waals surface area contributed by atoms with E-state index in [1.54, 1.807) is 6.92 Å². The van der Waals surface area contributed by atoms with Crippen LogP contribution in [0.3, 0.4) is 0 Å². The second-order valence-electron chi connectivity index (χ2n) is 5.79. The van der Waals surface area contributed by atoms with Crippen molar-refractivity contribution in [2.75, 3.05) is 12.8 Å². The Morgan fingerprint density at radius 2 is 2.00 bits per heavy atom. The van der Waals surface area contributed by atoms with Crippen LogP contribution in [0.5, 0.6) is 0 Å². The third-order valence-electron chi connectivity index (χ3n) is 4.24. The molecule has 0 aromatic heterocycles. The van der Waals surface area contributed by atoms with Gasteiger partial charge >= 0.3 is 0 Å². The van der Waals surface area contributed by atoms with Gasteiger partial charge in [-0.3, -0.25) is 9.69 Å². The Kier molecular flexibility index (Phi) is 5.22. The average molecular weight is 339 g/mol. The molecule has 4 heteroatoms. The van der Waals surface area contributed by atoms with E-state index in [4.69, 9.17) is 5.73 Å². The van der Waals surface area contributed by atoms with Crippen LogP contribution in [0, 0.1) is 0 Å². The molecule has 3 nitrogen and oxygen atoms in total. The molecule has 1 aromatic rings. The number of carbonyl (C=O) groups is 1. The van der Waals surface area contributed by atoms with Gasteiger partial charge in [-0.25, -0.2) is 0 Å². The van der Waals surface area contributed by atoms with Gasteiger partial charge in [0.05, 0.1) is 5.69 Å². The number of anilines is 1. The third kappa shape index (κ3) is 3.61. The van der Waals surface area contributed by atoms with Crippen LogP contribution in [0.25, 0.3) is 0 Å². The highest BCUT2D eigenvalue weighted by molar-refractivity contribution is 9.10. The van der Waals surface area contributed by atoms with Crippen molar-refractivity contribution >= 4 is 27.4 Å². The SMILES string of the molecule is CC(=O)c1cc(Br)c(N)c(CN(C)C2CCCCC2)c1. The van der Waals surface area contributed by atoms with Crippen LogP contribution in [0.2, 0.25) is 0 Å². The van der Waals surface area contributed by atoms with Crippen molar-refractivity contribution < 1.29 is 4.79 Å². The quantitative estimate of drug-likeness (QED) is 0.666. The number of nitrogens with zero attached hydrogens (tertiary/aromatic N) is 1. The number of hydrogen-bond acceptors (Lipinski definition) is 3. The lowest BCUT2D eigenvalue weighted by Gasteiger charge is -2.31. The van der Waals surface area contributed by atoms with Gasteiger partial charge in [-0.2, -0.15) is 0 Å². The lowest BCUT2D eigenvalue weighted by atomic mass is 9.94. The number of hydrogen-bond donors (Lipinski definition) is 1. The molecule has 1 aliphatic rings. The molecule has 0 heterocycles. The molecule has 0 spiro atoms. The summed E-state index contributed by atoms with van der Waals surface area (Å²) < 4.78 is 0.817. The lowest BCUT2D eigenvalue weighted by Crippen LogP contribution is -2.33. The van der Waals surface area contributed by atoms with Gasteiger partial charge in [-0.1, -0.05) is 19.3 Å². The van der Waals surface area contributed by atoms with Gasteiger partial charge in [0, 0.05) is 22.6 Å². The van der Waals surface area contributed by atoms with E-state index in [2.05, 4.69) is 27.9 Å². The fourth-order valence-corrected chi connectivity index (χ4v) is 3.43. The second kappa shape index (κ2) is 6.72. The minimum absolute atomic E-state index is 0.0762. The van der Waals surface area contributed by atoms with Crippen LogP contribution < -0.4 is 5.73 Å². The first-order chi connectivity index (χ1) is 9.49. The average Bonchev–Trinajstić information content (AvgIpc) is 2.44. The van der Waals surface area contributed by atoms with Gasteiger partial charge in [0.25, 0.3) is 0 Å². The van der Waals surface area contributed by atoms with Crippen LogP contribution in [-0.2, 0) is 6.54 Å². The fraction of sp³-hybridized carbons (Fsp3) is 0.562. The van der Waals surface area contributed by atoms with Gasteiger partial charge in [-0.15, -0.1) is 0 Å². The molecule has 0 aliphatic heterocycles. The standard InChI is InChI=1S/C16H23BrN2O/c1-11(20)12-8-13(16(18)15(17)9-12)10-19(2)14-6-4-3-5-7-14/h8-9,14H,3-7,10,18H2,1-2H3. The fourth-order valence-electron chi connectivity index (χ4n) is 2.93. The Labute approximate surface area is 129 Å². The van der Waals surface area contributed by atoms with Gasteiger partial charge in [0.15, 0.2) is 5.78 Å². The maximum Gasteiger partial charge on any atom is 0.159 e. The number of benzene rings is 1. The summed E-state index contributed by atoms with van der Waals surface area (Å²) in [5.74, 6) is 0.0762. The van der Waals surface area contributed by atoms with E-state index in [0.717, 1.165) is 27.8 Å². The topological polar surface area (TPSA) is 46.3 Å². The Hall–Kier alpha value is -0.870. The zero-order chi connectivity index (χ0) is 14.7. The predicted octanol–water partition coefficient (Wildman–Crippen LogP) is 4.00. The molecule has 0 saturated heterocycles. The van der Waals surface area contributed by atoms with Gasteiger partial charge in [0.2, 0.25) is 0 Å². The number of carbonyl (C=O) groups excluding carboxylic acids is 1. The van der Waals surface area contributed by atoms with Crippen LogP contribution in [0.15, 0.2) is 16.6 Å². The van der Waals surface area contributed by atoms with Crippen molar-refractivity contribution in [3.05, 3.63) is 27.7 Å². The van der Waals surface area contributed by atoms with Crippen LogP contribution in [0.1, 0.15) is 54.9 Å². The number of nitrogens with two attached hydrogens (primary N) is 1. The van der Waals surface area contributed by atoms with Gasteiger partial charge < -0.3 is 5.73 Å². The first-order valence-electron chi connectivity index (χ1n) is 7.28. The molecule has 1 saturated carbocycles. The number of rotatable bonds is 4. The summed E-state index contributed by atoms with van der Waals surface area (Å²) in [5, 5.41) is 0. The van der Waals surface area contributed by atoms with Crippen molar-refractivity contribution in [1.29, 1.82) is 0 Å². The second-order valence-corrected chi connectivity index (χ2v) is 6.65. The molecule has 0 radical (unpaired) electrons. The summed E-state index contributed by atoms with van der Waals surface area (Å²) >= 11 is 3.46. The number of halogens is 1. The Bertz CT molecular complexity index is 495. The Morgan fingerprint density at radius 3 is 2.60 bits per heavy atom. The van der Waals surface area contributed by atoms with Crippen molar-refractivity contribution in [2.24, 2.45) is 0 Å². The van der Waals surface area contributed by atoms with Crippen LogP contribution in [0.4, 0.5) is 5.69 Å². The van der Waals surface area contributed by atoms with Crippen LogP contribution >= 0.6 is 15.9 Å². The Morgan fingerprint density at radius 1 is 1.35 bits per heavy atom. The van der Waals surface area contributed by atoms with E-state index in [1.807, 2.05) is 12.1 Å². The highest BCUT2D eigenvalue weighted by atomic mass is 79.9. The summed E-state index contributed by atoms with van der Waals surface area (Å²) in [5.41, 5.74) is 8.65. The molecular formula is C16H23BrN2O. The number of Topliss-reactive ketones (excluding diaryl/α,β-unsaturated/α-hetero) is 1. The van der Waals surface area contributed by atoms with Gasteiger partial charge in [-0.05, 0) is 60.4 Å². The first-order valence-corrected chi connectivity index (χ1v) is 8.07. The molecule has 2 rings (SSSR count). The van der Waals surface area contributed by atoms with Crippen molar-refractivity contribution in [3.8, 4) is 0 Å². The van der Waals surface area contributed by atoms with Gasteiger partial charge in [0.1, 0.15) is 0 Å². The molecule has 0 bridgehead atoms. The zero-order valence-electron chi connectivity index (χ0n) is 12.3. The molecule has 2 N–H and O–H groups in total. The summed E-state index contributed by atoms with van der Waals surface area (Å²) in [6, 6.07) is 4.38. The van der Waals surface area contributed by atoms with Crippen molar-refractivity contribution in [3.63, 3.8) is 0 Å². The normalized spacial score (nSPS) is 16.6. The molecular weight excluding hydrogens is 316 g/mol. The van der Waals surface area contributed by atoms with Crippen molar-refractivity contribution in [2.45, 2.75) is 51.6 Å². The lowest BCUT2D eigenvalue weighted by molar-refractivity contribution is 0.101. The highest BCUT2D eigenvalue weighted by Gasteiger charge is 2.19. The molecule has 1 aromatic carbocycles. The molecule has 0 atom stereocenters. The van der Waals surface area contributed by atoms with E-state index < -0.39 is 0 Å². The summed E-state index contributed by atoms with van der Waals surface area (Å²) in [4.78, 5) is 13.9. The van der Waals surface area contributed by atoms with E-state index >= 15 is 0 Å². The maximum atomic E-state index is 11.6. The number of ketones is 1. The first kappa shape index (κ1) is 15.5. The molecule has 1 aliphatic carbocycles. The largest absolute Gasteiger partial charge is 0.398 e. The predicted molar refractivity (Wildman–Crippen MR) is 86.9 cm³/mol. The monoisotopic (exact) mass is 338 g/mol. The summed E-state index contributed by atoms with van der Waals surface area (Å²) in [6.07, 6.45) is 6.54. The zero-order valence-corrected chi connectivity index (χ0v) is 13.9. The smallest absolute Gasteiger partial charge is 0.159 e. The summed E-state index contributed by atoms with van der Waals surface area (Å²) in [6.45, 7) is 2.39. The summed E-state index contributed by atoms with van der Waals surface area (Å²) in [7, 11) is 2.16. The molecule has 1 fully saturated rings. The molecule has 110 valence electrons. The van der Waals surface area contributed by atoms with E-state index in [1.165, 1.54) is 32.1 Å². The van der Waals surface area contributed by atoms with Crippen molar-refractivity contribution in [1.82, 2.24) is 4.90 Å². The minimum Gasteiger partial charge on any atom is -0.398 e. The molecule has 20 heavy (non-hydrogen) atoms. The molecule has 0 amide bonds. The molecule has 0 unspecified atom stereocenters. The van der Waals surface area contributed by atoms with E-state index in [-0.39, 0.29) is 5.78 Å². The highest BCUT2D eigenvalue weighted by Crippen LogP contribution is 2.29. The van der Waals surface area contributed by atoms with E-state index in [0.29, 0.717) is 6.04 Å².